The van der Waals surface area contributed by atoms with Crippen molar-refractivity contribution in [2.24, 2.45) is 0 Å². The Morgan fingerprint density at radius 3 is 2.15 bits per heavy atom. The van der Waals surface area contributed by atoms with Crippen molar-refractivity contribution in [3.05, 3.63) is 132 Å². The van der Waals surface area contributed by atoms with Crippen LogP contribution >= 0.6 is 0 Å². The average Bonchev–Trinajstić information content (AvgIpc) is 3.11. The summed E-state index contributed by atoms with van der Waals surface area (Å²) in [7, 11) is 0. The summed E-state index contributed by atoms with van der Waals surface area (Å²) >= 11 is 0. The predicted molar refractivity (Wildman–Crippen MR) is 146 cm³/mol. The van der Waals surface area contributed by atoms with E-state index < -0.39 is 0 Å². The van der Waals surface area contributed by atoms with Crippen molar-refractivity contribution >= 4 is 33.9 Å². The highest BCUT2D eigenvalue weighted by atomic mass is 15.1. The standard InChI is InChI=1S/C33H27N/c1-4-23-16-18-25(19-17-23)34(32-15-9-11-24-10-5-6-12-27(24)32)26-20-21-29-28-13-7-8-14-30(28)33(2,3)31(29)22-26/h4-22H,1H2,2-3H3. The molecule has 1 aliphatic rings. The van der Waals surface area contributed by atoms with Crippen molar-refractivity contribution in [1.82, 2.24) is 0 Å². The van der Waals surface area contributed by atoms with Gasteiger partial charge in [-0.15, -0.1) is 0 Å². The molecular formula is C33H27N. The van der Waals surface area contributed by atoms with Gasteiger partial charge in [-0.05, 0) is 63.5 Å². The van der Waals surface area contributed by atoms with Gasteiger partial charge in [0.25, 0.3) is 0 Å². The zero-order chi connectivity index (χ0) is 23.3. The van der Waals surface area contributed by atoms with Crippen LogP contribution in [0.15, 0.2) is 116 Å². The molecule has 0 aromatic heterocycles. The van der Waals surface area contributed by atoms with E-state index in [-0.39, 0.29) is 5.41 Å². The van der Waals surface area contributed by atoms with Crippen molar-refractivity contribution in [3.63, 3.8) is 0 Å². The highest BCUT2D eigenvalue weighted by molar-refractivity contribution is 5.99. The van der Waals surface area contributed by atoms with Gasteiger partial charge in [0.2, 0.25) is 0 Å². The second-order valence-electron chi connectivity index (χ2n) is 9.53. The number of anilines is 3. The number of fused-ring (bicyclic) bond motifs is 4. The molecule has 0 N–H and O–H groups in total. The van der Waals surface area contributed by atoms with E-state index in [0.717, 1.165) is 11.3 Å². The first-order valence-electron chi connectivity index (χ1n) is 11.8. The monoisotopic (exact) mass is 437 g/mol. The summed E-state index contributed by atoms with van der Waals surface area (Å²) < 4.78 is 0. The molecule has 0 bridgehead atoms. The van der Waals surface area contributed by atoms with Gasteiger partial charge in [-0.1, -0.05) is 105 Å². The van der Waals surface area contributed by atoms with Gasteiger partial charge >= 0.3 is 0 Å². The van der Waals surface area contributed by atoms with E-state index in [4.69, 9.17) is 0 Å². The smallest absolute Gasteiger partial charge is 0.0540 e. The highest BCUT2D eigenvalue weighted by Gasteiger charge is 2.35. The van der Waals surface area contributed by atoms with E-state index in [1.54, 1.807) is 0 Å². The molecule has 0 radical (unpaired) electrons. The summed E-state index contributed by atoms with van der Waals surface area (Å²) in [6.07, 6.45) is 1.89. The zero-order valence-corrected chi connectivity index (χ0v) is 19.6. The minimum atomic E-state index is -0.0426. The molecule has 6 rings (SSSR count). The van der Waals surface area contributed by atoms with Crippen LogP contribution in [0.5, 0.6) is 0 Å². The van der Waals surface area contributed by atoms with Crippen LogP contribution in [0.25, 0.3) is 28.0 Å². The summed E-state index contributed by atoms with van der Waals surface area (Å²) in [5, 5.41) is 2.47. The lowest BCUT2D eigenvalue weighted by atomic mass is 9.82. The zero-order valence-electron chi connectivity index (χ0n) is 19.6. The molecular weight excluding hydrogens is 410 g/mol. The van der Waals surface area contributed by atoms with Gasteiger partial charge in [0.05, 0.1) is 5.69 Å². The van der Waals surface area contributed by atoms with Gasteiger partial charge in [-0.25, -0.2) is 0 Å². The Morgan fingerprint density at radius 1 is 0.647 bits per heavy atom. The molecule has 164 valence electrons. The number of benzene rings is 5. The van der Waals surface area contributed by atoms with Crippen LogP contribution in [0.3, 0.4) is 0 Å². The van der Waals surface area contributed by atoms with Gasteiger partial charge in [0.15, 0.2) is 0 Å². The number of rotatable bonds is 4. The van der Waals surface area contributed by atoms with E-state index in [2.05, 4.69) is 135 Å². The molecule has 0 saturated carbocycles. The summed E-state index contributed by atoms with van der Waals surface area (Å²) in [5.74, 6) is 0. The van der Waals surface area contributed by atoms with E-state index in [1.165, 1.54) is 44.4 Å². The van der Waals surface area contributed by atoms with Crippen LogP contribution in [0.4, 0.5) is 17.1 Å². The third-order valence-corrected chi connectivity index (χ3v) is 7.22. The van der Waals surface area contributed by atoms with Crippen molar-refractivity contribution in [2.75, 3.05) is 4.90 Å². The van der Waals surface area contributed by atoms with Crippen LogP contribution in [0.1, 0.15) is 30.5 Å². The fourth-order valence-electron chi connectivity index (χ4n) is 5.42. The van der Waals surface area contributed by atoms with Gasteiger partial charge in [0.1, 0.15) is 0 Å². The molecule has 0 fully saturated rings. The molecule has 0 heterocycles. The van der Waals surface area contributed by atoms with Gasteiger partial charge in [-0.3, -0.25) is 0 Å². The molecule has 1 heteroatoms. The van der Waals surface area contributed by atoms with E-state index in [1.807, 2.05) is 6.08 Å². The van der Waals surface area contributed by atoms with Crippen molar-refractivity contribution in [3.8, 4) is 11.1 Å². The molecule has 34 heavy (non-hydrogen) atoms. The molecule has 1 nitrogen and oxygen atoms in total. The van der Waals surface area contributed by atoms with Crippen molar-refractivity contribution in [2.45, 2.75) is 19.3 Å². The first-order chi connectivity index (χ1) is 16.6. The molecule has 0 saturated heterocycles. The maximum absolute atomic E-state index is 3.92. The Kier molecular flexibility index (Phi) is 4.67. The van der Waals surface area contributed by atoms with Gasteiger partial charge in [0, 0.05) is 22.2 Å². The van der Waals surface area contributed by atoms with Crippen LogP contribution in [0, 0.1) is 0 Å². The molecule has 0 atom stereocenters. The second kappa shape index (κ2) is 7.74. The van der Waals surface area contributed by atoms with Crippen LogP contribution in [-0.2, 0) is 5.41 Å². The molecule has 0 spiro atoms. The molecule has 0 unspecified atom stereocenters. The topological polar surface area (TPSA) is 3.24 Å². The van der Waals surface area contributed by atoms with Crippen LogP contribution in [-0.4, -0.2) is 0 Å². The molecule has 1 aliphatic carbocycles. The number of hydrogen-bond acceptors (Lipinski definition) is 1. The lowest BCUT2D eigenvalue weighted by Crippen LogP contribution is -2.16. The largest absolute Gasteiger partial charge is 0.310 e. The third-order valence-electron chi connectivity index (χ3n) is 7.22. The maximum atomic E-state index is 3.92. The second-order valence-corrected chi connectivity index (χ2v) is 9.53. The Balaban J connectivity index is 1.59. The Bertz CT molecular complexity index is 1530. The van der Waals surface area contributed by atoms with Crippen molar-refractivity contribution in [1.29, 1.82) is 0 Å². The minimum Gasteiger partial charge on any atom is -0.310 e. The lowest BCUT2D eigenvalue weighted by Gasteiger charge is -2.29. The maximum Gasteiger partial charge on any atom is 0.0540 e. The number of hydrogen-bond donors (Lipinski definition) is 0. The Hall–Kier alpha value is -4.10. The summed E-state index contributed by atoms with van der Waals surface area (Å²) in [6.45, 7) is 8.60. The summed E-state index contributed by atoms with van der Waals surface area (Å²) in [6, 6.07) is 39.6. The van der Waals surface area contributed by atoms with E-state index in [9.17, 15) is 0 Å². The quantitative estimate of drug-likeness (QED) is 0.271. The third kappa shape index (κ3) is 3.08. The van der Waals surface area contributed by atoms with Gasteiger partial charge in [-0.2, -0.15) is 0 Å². The fourth-order valence-corrected chi connectivity index (χ4v) is 5.42. The van der Waals surface area contributed by atoms with E-state index in [0.29, 0.717) is 0 Å². The van der Waals surface area contributed by atoms with Gasteiger partial charge < -0.3 is 4.90 Å². The molecule has 5 aromatic rings. The summed E-state index contributed by atoms with van der Waals surface area (Å²) in [4.78, 5) is 2.38. The molecule has 0 aliphatic heterocycles. The Morgan fingerprint density at radius 2 is 1.32 bits per heavy atom. The predicted octanol–water partition coefficient (Wildman–Crippen LogP) is 9.26. The average molecular weight is 438 g/mol. The number of nitrogens with zero attached hydrogens (tertiary/aromatic N) is 1. The minimum absolute atomic E-state index is 0.0426. The first kappa shape index (κ1) is 20.5. The fraction of sp³-hybridized carbons (Fsp3) is 0.0909. The Labute approximate surface area is 201 Å². The molecule has 5 aromatic carbocycles. The first-order valence-corrected chi connectivity index (χ1v) is 11.8. The van der Waals surface area contributed by atoms with Crippen molar-refractivity contribution < 1.29 is 0 Å². The summed E-state index contributed by atoms with van der Waals surface area (Å²) in [5.41, 5.74) is 10.0. The van der Waals surface area contributed by atoms with E-state index >= 15 is 0 Å². The lowest BCUT2D eigenvalue weighted by molar-refractivity contribution is 0.660. The normalized spacial score (nSPS) is 13.4. The molecule has 0 amide bonds. The highest BCUT2D eigenvalue weighted by Crippen LogP contribution is 2.50. The SMILES string of the molecule is C=Cc1ccc(N(c2ccc3c(c2)C(C)(C)c2ccccc2-3)c2cccc3ccccc23)cc1. The van der Waals surface area contributed by atoms with Crippen LogP contribution in [0.2, 0.25) is 0 Å². The van der Waals surface area contributed by atoms with Crippen LogP contribution < -0.4 is 4.90 Å².